The number of nitrogens with two attached hydrogens (primary N) is 1. The zero-order valence-corrected chi connectivity index (χ0v) is 12.9. The minimum atomic E-state index is -0.431. The van der Waals surface area contributed by atoms with Crippen LogP contribution in [0.25, 0.3) is 0 Å². The molecule has 3 unspecified atom stereocenters. The van der Waals surface area contributed by atoms with E-state index in [0.717, 1.165) is 25.5 Å². The number of primary amides is 1. The smallest absolute Gasteiger partial charge is 0.254 e. The highest BCUT2D eigenvalue weighted by Gasteiger charge is 2.38. The van der Waals surface area contributed by atoms with Crippen LogP contribution < -0.4 is 16.4 Å². The second kappa shape index (κ2) is 5.70. The Kier molecular flexibility index (Phi) is 3.53. The molecule has 1 saturated carbocycles. The lowest BCUT2D eigenvalue weighted by atomic mass is 10.1. The van der Waals surface area contributed by atoms with Crippen LogP contribution >= 0.6 is 0 Å². The molecule has 23 heavy (non-hydrogen) atoms. The van der Waals surface area contributed by atoms with Crippen molar-refractivity contribution < 1.29 is 4.79 Å². The zero-order chi connectivity index (χ0) is 15.8. The summed E-state index contributed by atoms with van der Waals surface area (Å²) in [4.78, 5) is 11.3. The van der Waals surface area contributed by atoms with E-state index in [4.69, 9.17) is 5.73 Å². The van der Waals surface area contributed by atoms with E-state index < -0.39 is 5.91 Å². The van der Waals surface area contributed by atoms with E-state index in [0.29, 0.717) is 23.4 Å². The molecule has 0 radical (unpaired) electrons. The minimum absolute atomic E-state index is 0.431. The summed E-state index contributed by atoms with van der Waals surface area (Å²) < 4.78 is 1.84. The third kappa shape index (κ3) is 2.82. The third-order valence-electron chi connectivity index (χ3n) is 4.78. The Balaban J connectivity index is 1.31. The van der Waals surface area contributed by atoms with Crippen LogP contribution in [0.4, 0.5) is 5.82 Å². The quantitative estimate of drug-likeness (QED) is 0.774. The summed E-state index contributed by atoms with van der Waals surface area (Å²) in [6.07, 6.45) is 2.76. The number of carbonyl (C=O) groups is 1. The number of rotatable bonds is 5. The number of amides is 1. The number of anilines is 1. The lowest BCUT2D eigenvalue weighted by Gasteiger charge is -2.25. The average molecular weight is 311 g/mol. The summed E-state index contributed by atoms with van der Waals surface area (Å²) in [5.74, 6) is 1.43. The number of nitrogens with zero attached hydrogens (tertiary/aromatic N) is 2. The van der Waals surface area contributed by atoms with Crippen molar-refractivity contribution in [2.24, 2.45) is 11.7 Å². The van der Waals surface area contributed by atoms with Gasteiger partial charge >= 0.3 is 0 Å². The second-order valence-electron chi connectivity index (χ2n) is 6.47. The van der Waals surface area contributed by atoms with E-state index in [2.05, 4.69) is 46.1 Å². The van der Waals surface area contributed by atoms with Crippen molar-refractivity contribution in [1.82, 2.24) is 15.1 Å². The summed E-state index contributed by atoms with van der Waals surface area (Å²) in [6, 6.07) is 11.3. The van der Waals surface area contributed by atoms with Crippen molar-refractivity contribution in [3.63, 3.8) is 0 Å². The van der Waals surface area contributed by atoms with Crippen molar-refractivity contribution in [2.45, 2.75) is 24.9 Å². The fraction of sp³-hybridized carbons (Fsp3) is 0.412. The van der Waals surface area contributed by atoms with Crippen LogP contribution in [0, 0.1) is 5.92 Å². The molecule has 1 fully saturated rings. The average Bonchev–Trinajstić information content (AvgIpc) is 3.23. The van der Waals surface area contributed by atoms with E-state index in [1.54, 1.807) is 6.20 Å². The topological polar surface area (TPSA) is 85.0 Å². The third-order valence-corrected chi connectivity index (χ3v) is 4.78. The summed E-state index contributed by atoms with van der Waals surface area (Å²) in [5, 5.41) is 11.2. The first-order valence-electron chi connectivity index (χ1n) is 8.10. The fourth-order valence-electron chi connectivity index (χ4n) is 3.38. The molecule has 2 aromatic rings. The predicted molar refractivity (Wildman–Crippen MR) is 88.3 cm³/mol. The molecule has 4 N–H and O–H groups in total. The summed E-state index contributed by atoms with van der Waals surface area (Å²) in [6.45, 7) is 2.60. The lowest BCUT2D eigenvalue weighted by molar-refractivity contribution is 0.100. The van der Waals surface area contributed by atoms with Crippen LogP contribution in [0.1, 0.15) is 28.3 Å². The number of nitrogens with one attached hydrogen (secondary N) is 2. The molecular formula is C17H21N5O. The van der Waals surface area contributed by atoms with Gasteiger partial charge in [-0.25, -0.2) is 4.68 Å². The first kappa shape index (κ1) is 14.3. The van der Waals surface area contributed by atoms with Gasteiger partial charge < -0.3 is 16.4 Å². The highest BCUT2D eigenvalue weighted by atomic mass is 16.1. The Morgan fingerprint density at radius 2 is 2.22 bits per heavy atom. The standard InChI is InChI=1S/C17H21N5O/c18-16(23)14-9-21-22-10-11(8-20-17(14)22)7-19-15-6-13(15)12-4-2-1-3-5-12/h1-5,9,11,13,15,19-20H,6-8,10H2,(H2,18,23). The van der Waals surface area contributed by atoms with E-state index >= 15 is 0 Å². The van der Waals surface area contributed by atoms with E-state index in [1.165, 1.54) is 12.0 Å². The van der Waals surface area contributed by atoms with Crippen molar-refractivity contribution in [1.29, 1.82) is 0 Å². The van der Waals surface area contributed by atoms with Crippen molar-refractivity contribution in [2.75, 3.05) is 18.4 Å². The van der Waals surface area contributed by atoms with Gasteiger partial charge in [0.2, 0.25) is 0 Å². The maximum absolute atomic E-state index is 11.3. The molecule has 4 rings (SSSR count). The number of fused-ring (bicyclic) bond motifs is 1. The summed E-state index contributed by atoms with van der Waals surface area (Å²) in [5.41, 5.74) is 7.25. The van der Waals surface area contributed by atoms with Gasteiger partial charge in [0.25, 0.3) is 5.91 Å². The monoisotopic (exact) mass is 311 g/mol. The highest BCUT2D eigenvalue weighted by Crippen LogP contribution is 2.40. The first-order chi connectivity index (χ1) is 11.2. The van der Waals surface area contributed by atoms with Crippen molar-refractivity contribution in [3.05, 3.63) is 47.7 Å². The molecule has 0 saturated heterocycles. The molecule has 0 spiro atoms. The van der Waals surface area contributed by atoms with Crippen molar-refractivity contribution >= 4 is 11.7 Å². The Morgan fingerprint density at radius 3 is 3.00 bits per heavy atom. The van der Waals surface area contributed by atoms with Gasteiger partial charge in [0, 0.05) is 37.5 Å². The Morgan fingerprint density at radius 1 is 1.39 bits per heavy atom. The molecule has 2 heterocycles. The van der Waals surface area contributed by atoms with Crippen LogP contribution in [0.3, 0.4) is 0 Å². The number of benzene rings is 1. The van der Waals surface area contributed by atoms with Gasteiger partial charge in [-0.05, 0) is 12.0 Å². The molecule has 3 atom stereocenters. The predicted octanol–water partition coefficient (Wildman–Crippen LogP) is 1.17. The van der Waals surface area contributed by atoms with Crippen LogP contribution in [-0.2, 0) is 6.54 Å². The fourth-order valence-corrected chi connectivity index (χ4v) is 3.38. The van der Waals surface area contributed by atoms with Gasteiger partial charge in [0.05, 0.1) is 6.20 Å². The number of aromatic nitrogens is 2. The Labute approximate surface area is 135 Å². The van der Waals surface area contributed by atoms with Gasteiger partial charge in [-0.3, -0.25) is 4.79 Å². The van der Waals surface area contributed by atoms with Crippen LogP contribution in [-0.4, -0.2) is 34.8 Å². The largest absolute Gasteiger partial charge is 0.369 e. The first-order valence-corrected chi connectivity index (χ1v) is 8.10. The number of hydrogen-bond acceptors (Lipinski definition) is 4. The van der Waals surface area contributed by atoms with Crippen LogP contribution in [0.5, 0.6) is 0 Å². The van der Waals surface area contributed by atoms with Gasteiger partial charge in [-0.1, -0.05) is 30.3 Å². The van der Waals surface area contributed by atoms with Gasteiger partial charge in [-0.2, -0.15) is 5.10 Å². The van der Waals surface area contributed by atoms with Crippen LogP contribution in [0.15, 0.2) is 36.5 Å². The molecule has 1 aliphatic heterocycles. The molecule has 0 bridgehead atoms. The van der Waals surface area contributed by atoms with Gasteiger partial charge in [-0.15, -0.1) is 0 Å². The van der Waals surface area contributed by atoms with E-state index in [9.17, 15) is 4.79 Å². The molecule has 2 aliphatic rings. The zero-order valence-electron chi connectivity index (χ0n) is 12.9. The lowest BCUT2D eigenvalue weighted by Crippen LogP contribution is -2.37. The molecule has 1 aromatic heterocycles. The Bertz CT molecular complexity index is 711. The van der Waals surface area contributed by atoms with Crippen LogP contribution in [0.2, 0.25) is 0 Å². The van der Waals surface area contributed by atoms with E-state index in [1.807, 2.05) is 4.68 Å². The highest BCUT2D eigenvalue weighted by molar-refractivity contribution is 5.97. The van der Waals surface area contributed by atoms with E-state index in [-0.39, 0.29) is 0 Å². The minimum Gasteiger partial charge on any atom is -0.369 e. The SMILES string of the molecule is NC(=O)c1cnn2c1NCC(CNC1CC1c1ccccc1)C2. The summed E-state index contributed by atoms with van der Waals surface area (Å²) >= 11 is 0. The molecule has 120 valence electrons. The van der Waals surface area contributed by atoms with Gasteiger partial charge in [0.1, 0.15) is 11.4 Å². The van der Waals surface area contributed by atoms with Gasteiger partial charge in [0.15, 0.2) is 0 Å². The molecule has 1 amide bonds. The number of hydrogen-bond donors (Lipinski definition) is 3. The summed E-state index contributed by atoms with van der Waals surface area (Å²) in [7, 11) is 0. The molecule has 6 heteroatoms. The normalized spacial score (nSPS) is 25.5. The molecule has 1 aromatic carbocycles. The van der Waals surface area contributed by atoms with Crippen molar-refractivity contribution in [3.8, 4) is 0 Å². The molecule has 6 nitrogen and oxygen atoms in total. The number of carbonyl (C=O) groups excluding carboxylic acids is 1. The maximum atomic E-state index is 11.3. The maximum Gasteiger partial charge on any atom is 0.254 e. The molecule has 1 aliphatic carbocycles. The Hall–Kier alpha value is -2.34. The second-order valence-corrected chi connectivity index (χ2v) is 6.47. The molecular weight excluding hydrogens is 290 g/mol.